The van der Waals surface area contributed by atoms with Crippen LogP contribution in [0.3, 0.4) is 0 Å². The van der Waals surface area contributed by atoms with Gasteiger partial charge in [-0.1, -0.05) is 42.0 Å². The van der Waals surface area contributed by atoms with Crippen molar-refractivity contribution in [2.24, 2.45) is 5.10 Å². The zero-order valence-corrected chi connectivity index (χ0v) is 17.5. The van der Waals surface area contributed by atoms with Crippen LogP contribution in [0.4, 0.5) is 5.69 Å². The van der Waals surface area contributed by atoms with Crippen molar-refractivity contribution in [3.63, 3.8) is 0 Å². The summed E-state index contributed by atoms with van der Waals surface area (Å²) in [5.41, 5.74) is 5.48. The number of ether oxygens (including phenoxy) is 2. The number of nitrogens with one attached hydrogen (secondary N) is 2. The summed E-state index contributed by atoms with van der Waals surface area (Å²) >= 11 is 0. The highest BCUT2D eigenvalue weighted by atomic mass is 16.5. The van der Waals surface area contributed by atoms with Gasteiger partial charge in [0.1, 0.15) is 0 Å². The molecular formula is C24H23N3O4. The molecule has 0 unspecified atom stereocenters. The van der Waals surface area contributed by atoms with Crippen LogP contribution < -0.4 is 20.2 Å². The number of carbonyl (C=O) groups is 2. The quantitative estimate of drug-likeness (QED) is 0.449. The Hall–Kier alpha value is -4.13. The topological polar surface area (TPSA) is 89.0 Å². The van der Waals surface area contributed by atoms with Gasteiger partial charge < -0.3 is 14.8 Å². The number of hydrogen-bond acceptors (Lipinski definition) is 5. The number of amides is 2. The monoisotopic (exact) mass is 417 g/mol. The van der Waals surface area contributed by atoms with Crippen molar-refractivity contribution in [2.45, 2.75) is 6.92 Å². The summed E-state index contributed by atoms with van der Waals surface area (Å²) in [6.07, 6.45) is 1.57. The smallest absolute Gasteiger partial charge is 0.273 e. The van der Waals surface area contributed by atoms with E-state index in [1.54, 1.807) is 48.7 Å². The highest BCUT2D eigenvalue weighted by Crippen LogP contribution is 2.28. The summed E-state index contributed by atoms with van der Waals surface area (Å²) in [5, 5.41) is 6.78. The minimum atomic E-state index is -0.438. The van der Waals surface area contributed by atoms with Crippen LogP contribution in [-0.2, 0) is 0 Å². The maximum absolute atomic E-state index is 12.7. The van der Waals surface area contributed by atoms with Crippen molar-refractivity contribution >= 4 is 23.7 Å². The number of rotatable bonds is 7. The molecular weight excluding hydrogens is 394 g/mol. The Kier molecular flexibility index (Phi) is 7.01. The predicted molar refractivity (Wildman–Crippen MR) is 120 cm³/mol. The summed E-state index contributed by atoms with van der Waals surface area (Å²) in [5.74, 6) is 0.133. The second-order valence-electron chi connectivity index (χ2n) is 6.68. The molecule has 2 N–H and O–H groups in total. The zero-order chi connectivity index (χ0) is 22.2. The summed E-state index contributed by atoms with van der Waals surface area (Å²) in [6.45, 7) is 1.98. The Labute approximate surface area is 180 Å². The lowest BCUT2D eigenvalue weighted by molar-refractivity contribution is 0.0956. The van der Waals surface area contributed by atoms with Crippen LogP contribution in [0.25, 0.3) is 0 Å². The normalized spacial score (nSPS) is 10.5. The minimum absolute atomic E-state index is 0.290. The fraction of sp³-hybridized carbons (Fsp3) is 0.125. The summed E-state index contributed by atoms with van der Waals surface area (Å²) < 4.78 is 10.4. The lowest BCUT2D eigenvalue weighted by Gasteiger charge is -2.12. The number of hydrazone groups is 1. The molecule has 7 nitrogen and oxygen atoms in total. The maximum atomic E-state index is 12.7. The standard InChI is InChI=1S/C24H23N3O4/c1-16-7-6-8-17(13-16)15-25-27-24(29)19-9-4-5-10-20(19)26-23(28)18-11-12-21(30-2)22(14-18)31-3/h4-15H,1-3H3,(H,26,28)(H,27,29). The molecule has 2 amide bonds. The number of aryl methyl sites for hydroxylation is 1. The van der Waals surface area contributed by atoms with Gasteiger partial charge in [0, 0.05) is 5.56 Å². The molecule has 31 heavy (non-hydrogen) atoms. The number of carbonyl (C=O) groups excluding carboxylic acids is 2. The van der Waals surface area contributed by atoms with Gasteiger partial charge in [-0.15, -0.1) is 0 Å². The summed E-state index contributed by atoms with van der Waals surface area (Å²) in [4.78, 5) is 25.3. The van der Waals surface area contributed by atoms with Crippen molar-refractivity contribution in [2.75, 3.05) is 19.5 Å². The van der Waals surface area contributed by atoms with Crippen LogP contribution in [0.15, 0.2) is 71.8 Å². The van der Waals surface area contributed by atoms with Gasteiger partial charge in [0.25, 0.3) is 11.8 Å². The lowest BCUT2D eigenvalue weighted by atomic mass is 10.1. The van der Waals surface area contributed by atoms with Crippen LogP contribution >= 0.6 is 0 Å². The number of nitrogens with zero attached hydrogens (tertiary/aromatic N) is 1. The van der Waals surface area contributed by atoms with Crippen molar-refractivity contribution in [1.29, 1.82) is 0 Å². The van der Waals surface area contributed by atoms with Crippen LogP contribution in [0, 0.1) is 6.92 Å². The molecule has 0 aliphatic carbocycles. The molecule has 0 saturated heterocycles. The van der Waals surface area contributed by atoms with E-state index in [-0.39, 0.29) is 11.5 Å². The Bertz CT molecular complexity index is 1130. The molecule has 0 radical (unpaired) electrons. The molecule has 0 fully saturated rings. The average molecular weight is 417 g/mol. The molecule has 7 heteroatoms. The molecule has 0 aliphatic heterocycles. The van der Waals surface area contributed by atoms with Gasteiger partial charge in [-0.3, -0.25) is 9.59 Å². The van der Waals surface area contributed by atoms with Gasteiger partial charge in [0.2, 0.25) is 0 Å². The molecule has 3 rings (SSSR count). The third-order valence-corrected chi connectivity index (χ3v) is 4.49. The molecule has 3 aromatic carbocycles. The minimum Gasteiger partial charge on any atom is -0.493 e. The summed E-state index contributed by atoms with van der Waals surface area (Å²) in [7, 11) is 3.02. The highest BCUT2D eigenvalue weighted by Gasteiger charge is 2.15. The van der Waals surface area contributed by atoms with Gasteiger partial charge in [-0.05, 0) is 42.8 Å². The predicted octanol–water partition coefficient (Wildman–Crippen LogP) is 4.03. The fourth-order valence-corrected chi connectivity index (χ4v) is 2.94. The highest BCUT2D eigenvalue weighted by molar-refractivity contribution is 6.09. The molecule has 0 heterocycles. The second kappa shape index (κ2) is 10.1. The van der Waals surface area contributed by atoms with Crippen LogP contribution in [0.5, 0.6) is 11.5 Å². The van der Waals surface area contributed by atoms with Crippen LogP contribution in [0.1, 0.15) is 31.8 Å². The van der Waals surface area contributed by atoms with Gasteiger partial charge in [-0.25, -0.2) is 5.43 Å². The first kappa shape index (κ1) is 21.6. The second-order valence-corrected chi connectivity index (χ2v) is 6.68. The van der Waals surface area contributed by atoms with E-state index in [0.717, 1.165) is 11.1 Å². The first-order chi connectivity index (χ1) is 15.0. The molecule has 0 aliphatic rings. The SMILES string of the molecule is COc1ccc(C(=O)Nc2ccccc2C(=O)NN=Cc2cccc(C)c2)cc1OC. The van der Waals surface area contributed by atoms with Gasteiger partial charge in [-0.2, -0.15) is 5.10 Å². The molecule has 0 aromatic heterocycles. The molecule has 158 valence electrons. The van der Waals surface area contributed by atoms with Crippen molar-refractivity contribution in [3.05, 3.63) is 89.0 Å². The number of hydrogen-bond donors (Lipinski definition) is 2. The number of methoxy groups -OCH3 is 2. The number of benzene rings is 3. The van der Waals surface area contributed by atoms with Crippen molar-refractivity contribution in [1.82, 2.24) is 5.43 Å². The largest absolute Gasteiger partial charge is 0.493 e. The molecule has 0 bridgehead atoms. The fourth-order valence-electron chi connectivity index (χ4n) is 2.94. The van der Waals surface area contributed by atoms with E-state index in [0.29, 0.717) is 22.7 Å². The maximum Gasteiger partial charge on any atom is 0.273 e. The number of para-hydroxylation sites is 1. The number of anilines is 1. The first-order valence-corrected chi connectivity index (χ1v) is 9.54. The van der Waals surface area contributed by atoms with Gasteiger partial charge >= 0.3 is 0 Å². The average Bonchev–Trinajstić information content (AvgIpc) is 2.78. The van der Waals surface area contributed by atoms with E-state index in [1.165, 1.54) is 14.2 Å². The van der Waals surface area contributed by atoms with Crippen molar-refractivity contribution < 1.29 is 19.1 Å². The van der Waals surface area contributed by atoms with Crippen molar-refractivity contribution in [3.8, 4) is 11.5 Å². The third kappa shape index (κ3) is 5.48. The Morgan fingerprint density at radius 3 is 2.39 bits per heavy atom. The van der Waals surface area contributed by atoms with Crippen LogP contribution in [0.2, 0.25) is 0 Å². The lowest BCUT2D eigenvalue weighted by Crippen LogP contribution is -2.21. The molecule has 0 atom stereocenters. The Morgan fingerprint density at radius 2 is 1.65 bits per heavy atom. The zero-order valence-electron chi connectivity index (χ0n) is 17.5. The van der Waals surface area contributed by atoms with Crippen LogP contribution in [-0.4, -0.2) is 32.2 Å². The van der Waals surface area contributed by atoms with E-state index < -0.39 is 5.91 Å². The van der Waals surface area contributed by atoms with E-state index in [1.807, 2.05) is 31.2 Å². The van der Waals surface area contributed by atoms with E-state index in [2.05, 4.69) is 15.8 Å². The van der Waals surface area contributed by atoms with E-state index in [4.69, 9.17) is 9.47 Å². The molecule has 3 aromatic rings. The first-order valence-electron chi connectivity index (χ1n) is 9.54. The van der Waals surface area contributed by atoms with Gasteiger partial charge in [0.05, 0.1) is 31.7 Å². The Balaban J connectivity index is 1.74. The van der Waals surface area contributed by atoms with Gasteiger partial charge in [0.15, 0.2) is 11.5 Å². The Morgan fingerprint density at radius 1 is 0.871 bits per heavy atom. The van der Waals surface area contributed by atoms with E-state index >= 15 is 0 Å². The summed E-state index contributed by atoms with van der Waals surface area (Å²) in [6, 6.07) is 19.3. The third-order valence-electron chi connectivity index (χ3n) is 4.49. The van der Waals surface area contributed by atoms with E-state index in [9.17, 15) is 9.59 Å². The molecule has 0 spiro atoms. The molecule has 0 saturated carbocycles.